The molecule has 0 fully saturated rings. The topological polar surface area (TPSA) is 33.0 Å². The highest BCUT2D eigenvalue weighted by molar-refractivity contribution is 6.32. The van der Waals surface area contributed by atoms with Crippen LogP contribution in [-0.2, 0) is 0 Å². The van der Waals surface area contributed by atoms with Gasteiger partial charge in [0.1, 0.15) is 5.75 Å². The van der Waals surface area contributed by atoms with Gasteiger partial charge >= 0.3 is 0 Å². The van der Waals surface area contributed by atoms with Gasteiger partial charge in [0.05, 0.1) is 23.1 Å². The van der Waals surface area contributed by atoms with Crippen molar-refractivity contribution in [2.45, 2.75) is 33.6 Å². The van der Waals surface area contributed by atoms with Crippen molar-refractivity contribution in [3.05, 3.63) is 28.8 Å². The number of hydrogen-bond donors (Lipinski definition) is 0. The molecule has 2 nitrogen and oxygen atoms in total. The van der Waals surface area contributed by atoms with Crippen LogP contribution in [-0.4, -0.2) is 6.61 Å². The summed E-state index contributed by atoms with van der Waals surface area (Å²) in [5, 5.41) is 9.52. The fraction of sp³-hybridized carbons (Fsp3) is 0.500. The molecule has 0 unspecified atom stereocenters. The molecule has 0 N–H and O–H groups in total. The Labute approximate surface area is 108 Å². The first kappa shape index (κ1) is 13.9. The lowest BCUT2D eigenvalue weighted by molar-refractivity contribution is 0.284. The van der Waals surface area contributed by atoms with Gasteiger partial charge in [-0.2, -0.15) is 5.26 Å². The Morgan fingerprint density at radius 3 is 2.71 bits per heavy atom. The molecule has 17 heavy (non-hydrogen) atoms. The molecule has 0 saturated carbocycles. The maximum atomic E-state index is 8.87. The molecule has 0 aliphatic heterocycles. The van der Waals surface area contributed by atoms with E-state index in [1.807, 2.05) is 39.0 Å². The van der Waals surface area contributed by atoms with Crippen molar-refractivity contribution in [2.75, 3.05) is 6.61 Å². The zero-order chi connectivity index (χ0) is 12.9. The third kappa shape index (κ3) is 4.66. The molecular formula is C14H18ClNO. The molecule has 3 heteroatoms. The number of benzene rings is 1. The summed E-state index contributed by atoms with van der Waals surface area (Å²) in [5.74, 6) is 0.715. The van der Waals surface area contributed by atoms with E-state index in [-0.39, 0.29) is 5.41 Å². The molecule has 1 rings (SSSR count). The molecule has 0 aromatic heterocycles. The normalized spacial score (nSPS) is 11.0. The largest absolute Gasteiger partial charge is 0.492 e. The highest BCUT2D eigenvalue weighted by Crippen LogP contribution is 2.26. The molecule has 92 valence electrons. The van der Waals surface area contributed by atoms with Gasteiger partial charge in [-0.15, -0.1) is 0 Å². The van der Waals surface area contributed by atoms with E-state index >= 15 is 0 Å². The highest BCUT2D eigenvalue weighted by Gasteiger charge is 2.15. The predicted molar refractivity (Wildman–Crippen MR) is 70.3 cm³/mol. The van der Waals surface area contributed by atoms with Crippen molar-refractivity contribution in [3.63, 3.8) is 0 Å². The molecule has 0 saturated heterocycles. The van der Waals surface area contributed by atoms with E-state index in [1.54, 1.807) is 0 Å². The van der Waals surface area contributed by atoms with Crippen molar-refractivity contribution in [1.82, 2.24) is 0 Å². The Morgan fingerprint density at radius 1 is 1.41 bits per heavy atom. The number of rotatable bonds is 5. The molecule has 0 amide bonds. The number of halogens is 1. The van der Waals surface area contributed by atoms with Crippen LogP contribution in [0, 0.1) is 23.7 Å². The van der Waals surface area contributed by atoms with Crippen LogP contribution in [0.5, 0.6) is 5.75 Å². The van der Waals surface area contributed by atoms with Gasteiger partial charge in [0, 0.05) is 0 Å². The number of nitrogens with zero attached hydrogens (tertiary/aromatic N) is 1. The Kier molecular flexibility index (Phi) is 4.84. The first-order valence-corrected chi connectivity index (χ1v) is 6.12. The molecule has 0 spiro atoms. The smallest absolute Gasteiger partial charge is 0.137 e. The molecule has 1 aromatic carbocycles. The van der Waals surface area contributed by atoms with E-state index in [9.17, 15) is 0 Å². The SMILES string of the molecule is Cc1ccc(OCCCC(C)(C)C#N)c(Cl)c1. The third-order valence-corrected chi connectivity index (χ3v) is 2.89. The second-order valence-corrected chi connectivity index (χ2v) is 5.29. The van der Waals surface area contributed by atoms with E-state index in [2.05, 4.69) is 6.07 Å². The van der Waals surface area contributed by atoms with E-state index < -0.39 is 0 Å². The Morgan fingerprint density at radius 2 is 2.12 bits per heavy atom. The summed E-state index contributed by atoms with van der Waals surface area (Å²) in [6.07, 6.45) is 1.68. The van der Waals surface area contributed by atoms with Crippen molar-refractivity contribution in [1.29, 1.82) is 5.26 Å². The summed E-state index contributed by atoms with van der Waals surface area (Å²) in [6.45, 7) is 6.46. The standard InChI is InChI=1S/C14H18ClNO/c1-11-5-6-13(12(15)9-11)17-8-4-7-14(2,3)10-16/h5-6,9H,4,7-8H2,1-3H3. The minimum absolute atomic E-state index is 0.277. The fourth-order valence-corrected chi connectivity index (χ4v) is 1.76. The molecule has 0 aliphatic rings. The van der Waals surface area contributed by atoms with Crippen LogP contribution in [0.15, 0.2) is 18.2 Å². The van der Waals surface area contributed by atoms with Crippen molar-refractivity contribution in [2.24, 2.45) is 5.41 Å². The first-order chi connectivity index (χ1) is 7.94. The van der Waals surface area contributed by atoms with Crippen LogP contribution >= 0.6 is 11.6 Å². The van der Waals surface area contributed by atoms with Crippen LogP contribution in [0.1, 0.15) is 32.3 Å². The van der Waals surface area contributed by atoms with E-state index in [1.165, 1.54) is 0 Å². The first-order valence-electron chi connectivity index (χ1n) is 5.75. The van der Waals surface area contributed by atoms with Crippen LogP contribution in [0.4, 0.5) is 0 Å². The highest BCUT2D eigenvalue weighted by atomic mass is 35.5. The van der Waals surface area contributed by atoms with Crippen LogP contribution in [0.2, 0.25) is 5.02 Å². The van der Waals surface area contributed by atoms with Crippen molar-refractivity contribution in [3.8, 4) is 11.8 Å². The summed E-state index contributed by atoms with van der Waals surface area (Å²) in [5.41, 5.74) is 0.841. The average Bonchev–Trinajstić information content (AvgIpc) is 2.27. The molecule has 0 atom stereocenters. The fourth-order valence-electron chi connectivity index (χ4n) is 1.48. The molecule has 0 heterocycles. The summed E-state index contributed by atoms with van der Waals surface area (Å²) in [4.78, 5) is 0. The molecule has 0 aliphatic carbocycles. The monoisotopic (exact) mass is 251 g/mol. The minimum Gasteiger partial charge on any atom is -0.492 e. The second kappa shape index (κ2) is 5.93. The number of nitriles is 1. The van der Waals surface area contributed by atoms with E-state index in [4.69, 9.17) is 21.6 Å². The van der Waals surface area contributed by atoms with Crippen LogP contribution in [0.25, 0.3) is 0 Å². The van der Waals surface area contributed by atoms with E-state index in [0.29, 0.717) is 17.4 Å². The lowest BCUT2D eigenvalue weighted by Crippen LogP contribution is -2.10. The van der Waals surface area contributed by atoms with Crippen molar-refractivity contribution >= 4 is 11.6 Å². The van der Waals surface area contributed by atoms with Gasteiger partial charge in [-0.25, -0.2) is 0 Å². The van der Waals surface area contributed by atoms with Crippen LogP contribution < -0.4 is 4.74 Å². The van der Waals surface area contributed by atoms with Gasteiger partial charge in [-0.1, -0.05) is 17.7 Å². The van der Waals surface area contributed by atoms with Crippen molar-refractivity contribution < 1.29 is 4.74 Å². The van der Waals surface area contributed by atoms with Gasteiger partial charge < -0.3 is 4.74 Å². The second-order valence-electron chi connectivity index (χ2n) is 4.88. The summed E-state index contributed by atoms with van der Waals surface area (Å²) >= 11 is 6.05. The predicted octanol–water partition coefficient (Wildman–Crippen LogP) is 4.36. The molecule has 0 radical (unpaired) electrons. The number of aryl methyl sites for hydroxylation is 1. The minimum atomic E-state index is -0.277. The summed E-state index contributed by atoms with van der Waals surface area (Å²) in [6, 6.07) is 8.02. The maximum Gasteiger partial charge on any atom is 0.137 e. The number of hydrogen-bond acceptors (Lipinski definition) is 2. The Balaban J connectivity index is 2.39. The van der Waals surface area contributed by atoms with Crippen LogP contribution in [0.3, 0.4) is 0 Å². The lowest BCUT2D eigenvalue weighted by atomic mass is 9.90. The Bertz CT molecular complexity index is 421. The third-order valence-electron chi connectivity index (χ3n) is 2.59. The quantitative estimate of drug-likeness (QED) is 0.729. The zero-order valence-corrected chi connectivity index (χ0v) is 11.3. The van der Waals surface area contributed by atoms with E-state index in [0.717, 1.165) is 18.4 Å². The molecule has 0 bridgehead atoms. The lowest BCUT2D eigenvalue weighted by Gasteiger charge is -2.15. The molecular weight excluding hydrogens is 234 g/mol. The van der Waals surface area contributed by atoms with Gasteiger partial charge in [-0.05, 0) is 51.3 Å². The molecule has 1 aromatic rings. The number of ether oxygens (including phenoxy) is 1. The summed E-state index contributed by atoms with van der Waals surface area (Å²) in [7, 11) is 0. The maximum absolute atomic E-state index is 8.87. The van der Waals surface area contributed by atoms with Gasteiger partial charge in [-0.3, -0.25) is 0 Å². The Hall–Kier alpha value is -1.20. The average molecular weight is 252 g/mol. The van der Waals surface area contributed by atoms with Gasteiger partial charge in [0.2, 0.25) is 0 Å². The summed E-state index contributed by atoms with van der Waals surface area (Å²) < 4.78 is 5.59. The zero-order valence-electron chi connectivity index (χ0n) is 10.6. The van der Waals surface area contributed by atoms with Gasteiger partial charge in [0.25, 0.3) is 0 Å². The van der Waals surface area contributed by atoms with Gasteiger partial charge in [0.15, 0.2) is 0 Å².